The Morgan fingerprint density at radius 1 is 1.12 bits per heavy atom. The summed E-state index contributed by atoms with van der Waals surface area (Å²) in [7, 11) is 1.71. The van der Waals surface area contributed by atoms with E-state index >= 15 is 0 Å². The highest BCUT2D eigenvalue weighted by molar-refractivity contribution is 7.19. The SMILES string of the molecule is CCC(CCc1ccc(O)c(C)c1)c1cc2cc(OC)ccc2s1. The molecule has 0 aliphatic carbocycles. The van der Waals surface area contributed by atoms with E-state index in [0.29, 0.717) is 11.7 Å². The summed E-state index contributed by atoms with van der Waals surface area (Å²) in [6.07, 6.45) is 3.31. The number of phenolic OH excluding ortho intramolecular Hbond substituents is 1. The number of methoxy groups -OCH3 is 1. The molecule has 2 aromatic carbocycles. The van der Waals surface area contributed by atoms with E-state index < -0.39 is 0 Å². The summed E-state index contributed by atoms with van der Waals surface area (Å²) in [6.45, 7) is 4.22. The number of fused-ring (bicyclic) bond motifs is 1. The molecule has 126 valence electrons. The van der Waals surface area contributed by atoms with Crippen LogP contribution in [0, 0.1) is 6.92 Å². The zero-order chi connectivity index (χ0) is 17.1. The number of aryl methyl sites for hydroxylation is 2. The average molecular weight is 340 g/mol. The predicted octanol–water partition coefficient (Wildman–Crippen LogP) is 6.05. The molecule has 0 saturated carbocycles. The van der Waals surface area contributed by atoms with Crippen LogP contribution < -0.4 is 4.74 Å². The van der Waals surface area contributed by atoms with Gasteiger partial charge in [0.05, 0.1) is 7.11 Å². The van der Waals surface area contributed by atoms with Gasteiger partial charge in [0.25, 0.3) is 0 Å². The minimum Gasteiger partial charge on any atom is -0.508 e. The summed E-state index contributed by atoms with van der Waals surface area (Å²) in [4.78, 5) is 1.45. The van der Waals surface area contributed by atoms with E-state index in [-0.39, 0.29) is 0 Å². The van der Waals surface area contributed by atoms with Crippen LogP contribution in [0.2, 0.25) is 0 Å². The van der Waals surface area contributed by atoms with Crippen LogP contribution in [0.1, 0.15) is 41.7 Å². The summed E-state index contributed by atoms with van der Waals surface area (Å²) < 4.78 is 6.65. The van der Waals surface area contributed by atoms with Crippen molar-refractivity contribution >= 4 is 21.4 Å². The molecule has 0 radical (unpaired) electrons. The second-order valence-corrected chi connectivity index (χ2v) is 7.43. The first-order chi connectivity index (χ1) is 11.6. The first-order valence-electron chi connectivity index (χ1n) is 8.46. The van der Waals surface area contributed by atoms with Gasteiger partial charge in [-0.05, 0) is 78.9 Å². The van der Waals surface area contributed by atoms with Crippen molar-refractivity contribution in [3.8, 4) is 11.5 Å². The van der Waals surface area contributed by atoms with Crippen molar-refractivity contribution in [2.45, 2.75) is 39.0 Å². The van der Waals surface area contributed by atoms with Gasteiger partial charge in [-0.3, -0.25) is 0 Å². The van der Waals surface area contributed by atoms with Gasteiger partial charge in [-0.1, -0.05) is 19.1 Å². The Morgan fingerprint density at radius 2 is 1.96 bits per heavy atom. The van der Waals surface area contributed by atoms with Gasteiger partial charge in [-0.2, -0.15) is 0 Å². The van der Waals surface area contributed by atoms with Gasteiger partial charge < -0.3 is 9.84 Å². The van der Waals surface area contributed by atoms with Crippen molar-refractivity contribution in [2.75, 3.05) is 7.11 Å². The lowest BCUT2D eigenvalue weighted by Crippen LogP contribution is -1.98. The fraction of sp³-hybridized carbons (Fsp3) is 0.333. The Labute approximate surface area is 147 Å². The van der Waals surface area contributed by atoms with E-state index in [1.165, 1.54) is 20.5 Å². The van der Waals surface area contributed by atoms with Gasteiger partial charge in [-0.25, -0.2) is 0 Å². The molecule has 0 aliphatic heterocycles. The fourth-order valence-corrected chi connectivity index (χ4v) is 4.39. The largest absolute Gasteiger partial charge is 0.508 e. The Morgan fingerprint density at radius 3 is 2.67 bits per heavy atom. The maximum absolute atomic E-state index is 9.66. The Kier molecular flexibility index (Phi) is 5.10. The van der Waals surface area contributed by atoms with Gasteiger partial charge >= 0.3 is 0 Å². The summed E-state index contributed by atoms with van der Waals surface area (Å²) in [5.41, 5.74) is 2.25. The third kappa shape index (κ3) is 3.57. The van der Waals surface area contributed by atoms with Crippen molar-refractivity contribution in [1.29, 1.82) is 0 Å². The highest BCUT2D eigenvalue weighted by atomic mass is 32.1. The second kappa shape index (κ2) is 7.27. The molecular weight excluding hydrogens is 316 g/mol. The minimum absolute atomic E-state index is 0.379. The van der Waals surface area contributed by atoms with Crippen molar-refractivity contribution in [3.63, 3.8) is 0 Å². The van der Waals surface area contributed by atoms with E-state index in [9.17, 15) is 5.11 Å². The highest BCUT2D eigenvalue weighted by Crippen LogP contribution is 2.36. The molecule has 3 rings (SSSR count). The zero-order valence-corrected chi connectivity index (χ0v) is 15.3. The van der Waals surface area contributed by atoms with E-state index in [2.05, 4.69) is 31.2 Å². The number of benzene rings is 2. The Bertz CT molecular complexity index is 835. The molecule has 1 atom stereocenters. The predicted molar refractivity (Wildman–Crippen MR) is 103 cm³/mol. The molecule has 3 heteroatoms. The van der Waals surface area contributed by atoms with Crippen LogP contribution in [0.25, 0.3) is 10.1 Å². The normalized spacial score (nSPS) is 12.5. The summed E-state index contributed by atoms with van der Waals surface area (Å²) >= 11 is 1.89. The topological polar surface area (TPSA) is 29.5 Å². The average Bonchev–Trinajstić information content (AvgIpc) is 3.01. The van der Waals surface area contributed by atoms with Crippen molar-refractivity contribution in [3.05, 3.63) is 58.5 Å². The fourth-order valence-electron chi connectivity index (χ4n) is 3.13. The minimum atomic E-state index is 0.379. The third-order valence-corrected chi connectivity index (χ3v) is 5.96. The lowest BCUT2D eigenvalue weighted by Gasteiger charge is -2.13. The molecule has 0 saturated heterocycles. The molecule has 3 aromatic rings. The molecule has 2 nitrogen and oxygen atoms in total. The number of phenols is 1. The van der Waals surface area contributed by atoms with Crippen LogP contribution in [0.4, 0.5) is 0 Å². The highest BCUT2D eigenvalue weighted by Gasteiger charge is 2.14. The maximum atomic E-state index is 9.66. The van der Waals surface area contributed by atoms with Crippen LogP contribution in [-0.2, 0) is 6.42 Å². The first-order valence-corrected chi connectivity index (χ1v) is 9.28. The van der Waals surface area contributed by atoms with Gasteiger partial charge in [0, 0.05) is 9.58 Å². The van der Waals surface area contributed by atoms with Crippen LogP contribution in [0.3, 0.4) is 0 Å². The Balaban J connectivity index is 1.76. The lowest BCUT2D eigenvalue weighted by atomic mass is 9.95. The van der Waals surface area contributed by atoms with Crippen molar-refractivity contribution in [1.82, 2.24) is 0 Å². The van der Waals surface area contributed by atoms with Gasteiger partial charge in [-0.15, -0.1) is 11.3 Å². The molecule has 0 aliphatic rings. The standard InChI is InChI=1S/C21H24O2S/c1-4-16(7-5-15-6-9-19(22)14(2)11-15)21-13-17-12-18(23-3)8-10-20(17)24-21/h6,8-13,16,22H,4-5,7H2,1-3H3. The monoisotopic (exact) mass is 340 g/mol. The van der Waals surface area contributed by atoms with Crippen LogP contribution in [0.15, 0.2) is 42.5 Å². The molecule has 1 heterocycles. The van der Waals surface area contributed by atoms with Gasteiger partial charge in [0.2, 0.25) is 0 Å². The van der Waals surface area contributed by atoms with E-state index in [1.54, 1.807) is 13.2 Å². The van der Waals surface area contributed by atoms with Crippen molar-refractivity contribution in [2.24, 2.45) is 0 Å². The van der Waals surface area contributed by atoms with E-state index in [0.717, 1.165) is 30.6 Å². The smallest absolute Gasteiger partial charge is 0.119 e. The van der Waals surface area contributed by atoms with E-state index in [4.69, 9.17) is 4.74 Å². The number of rotatable bonds is 6. The molecule has 0 amide bonds. The van der Waals surface area contributed by atoms with Gasteiger partial charge in [0.15, 0.2) is 0 Å². The summed E-state index contributed by atoms with van der Waals surface area (Å²) in [6, 6.07) is 14.5. The van der Waals surface area contributed by atoms with Crippen LogP contribution >= 0.6 is 11.3 Å². The Hall–Kier alpha value is -2.00. The number of hydrogen-bond donors (Lipinski definition) is 1. The second-order valence-electron chi connectivity index (χ2n) is 6.32. The van der Waals surface area contributed by atoms with Crippen LogP contribution in [-0.4, -0.2) is 12.2 Å². The molecule has 1 unspecified atom stereocenters. The van der Waals surface area contributed by atoms with Crippen LogP contribution in [0.5, 0.6) is 11.5 Å². The summed E-state index contributed by atoms with van der Waals surface area (Å²) in [5, 5.41) is 10.9. The molecule has 1 aromatic heterocycles. The molecular formula is C21H24O2S. The number of hydrogen-bond acceptors (Lipinski definition) is 3. The number of ether oxygens (including phenoxy) is 1. The lowest BCUT2D eigenvalue weighted by molar-refractivity contribution is 0.415. The first kappa shape index (κ1) is 16.8. The molecule has 24 heavy (non-hydrogen) atoms. The molecule has 0 fully saturated rings. The van der Waals surface area contributed by atoms with Crippen molar-refractivity contribution < 1.29 is 9.84 Å². The quantitative estimate of drug-likeness (QED) is 0.592. The maximum Gasteiger partial charge on any atom is 0.119 e. The number of thiophene rings is 1. The molecule has 0 bridgehead atoms. The zero-order valence-electron chi connectivity index (χ0n) is 14.5. The third-order valence-electron chi connectivity index (χ3n) is 4.68. The molecule has 1 N–H and O–H groups in total. The number of aromatic hydroxyl groups is 1. The summed E-state index contributed by atoms with van der Waals surface area (Å²) in [5.74, 6) is 1.87. The van der Waals surface area contributed by atoms with E-state index in [1.807, 2.05) is 30.4 Å². The molecule has 0 spiro atoms. The van der Waals surface area contributed by atoms with Gasteiger partial charge in [0.1, 0.15) is 11.5 Å².